The molecule has 0 aromatic heterocycles. The summed E-state index contributed by atoms with van der Waals surface area (Å²) in [5.74, 6) is -1.86. The summed E-state index contributed by atoms with van der Waals surface area (Å²) in [7, 11) is 1.21. The summed E-state index contributed by atoms with van der Waals surface area (Å²) < 4.78 is 9.47. The second kappa shape index (κ2) is 4.97. The predicted molar refractivity (Wildman–Crippen MR) is 66.8 cm³/mol. The maximum absolute atomic E-state index is 11.8. The van der Waals surface area contributed by atoms with Crippen LogP contribution in [0.4, 0.5) is 0 Å². The second-order valence-corrected chi connectivity index (χ2v) is 3.92. The highest BCUT2D eigenvalue weighted by Gasteiger charge is 2.33. The first-order valence-corrected chi connectivity index (χ1v) is 5.56. The number of ether oxygens (including phenoxy) is 2. The van der Waals surface area contributed by atoms with Crippen LogP contribution in [0.3, 0.4) is 0 Å². The largest absolute Gasteiger partial charge is 0.504 e. The van der Waals surface area contributed by atoms with Crippen molar-refractivity contribution in [2.45, 2.75) is 6.92 Å². The number of hydrogen-bond donors (Lipinski definition) is 1. The van der Waals surface area contributed by atoms with Crippen LogP contribution >= 0.6 is 0 Å². The molecule has 0 unspecified atom stereocenters. The molecule has 1 aromatic carbocycles. The molecule has 1 aliphatic rings. The van der Waals surface area contributed by atoms with Crippen LogP contribution in [0.15, 0.2) is 47.4 Å². The average molecular weight is 260 g/mol. The highest BCUT2D eigenvalue weighted by molar-refractivity contribution is 6.21. The molecule has 0 saturated carbocycles. The molecule has 1 N–H and O–H groups in total. The molecule has 0 radical (unpaired) electrons. The highest BCUT2D eigenvalue weighted by Crippen LogP contribution is 2.33. The van der Waals surface area contributed by atoms with Crippen molar-refractivity contribution in [3.63, 3.8) is 0 Å². The van der Waals surface area contributed by atoms with E-state index in [4.69, 9.17) is 4.74 Å². The zero-order valence-corrected chi connectivity index (χ0v) is 10.5. The number of carbonyl (C=O) groups excluding carboxylic acids is 2. The van der Waals surface area contributed by atoms with Gasteiger partial charge < -0.3 is 14.6 Å². The molecule has 0 fully saturated rings. The van der Waals surface area contributed by atoms with E-state index in [0.717, 1.165) is 0 Å². The third-order valence-corrected chi connectivity index (χ3v) is 2.75. The molecular weight excluding hydrogens is 248 g/mol. The van der Waals surface area contributed by atoms with Gasteiger partial charge in [-0.3, -0.25) is 0 Å². The SMILES string of the molecule is COC(=O)/C(C)=C1/OC(=O)C(c2ccccc2)=C1O. The Bertz CT molecular complexity index is 596. The van der Waals surface area contributed by atoms with Gasteiger partial charge in [-0.15, -0.1) is 0 Å². The van der Waals surface area contributed by atoms with Gasteiger partial charge in [0.1, 0.15) is 5.57 Å². The molecule has 1 aliphatic heterocycles. The number of esters is 2. The van der Waals surface area contributed by atoms with Crippen molar-refractivity contribution >= 4 is 17.5 Å². The number of hydrogen-bond acceptors (Lipinski definition) is 5. The van der Waals surface area contributed by atoms with Gasteiger partial charge in [-0.1, -0.05) is 30.3 Å². The lowest BCUT2D eigenvalue weighted by Gasteiger charge is -2.02. The standard InChI is InChI=1S/C14H12O5/c1-8(13(16)18-2)12-11(15)10(14(17)19-12)9-6-4-3-5-7-9/h3-7,15H,1-2H3/b12-8+. The van der Waals surface area contributed by atoms with Gasteiger partial charge in [-0.2, -0.15) is 0 Å². The Kier molecular flexibility index (Phi) is 3.37. The lowest BCUT2D eigenvalue weighted by molar-refractivity contribution is -0.136. The molecule has 2 rings (SSSR count). The van der Waals surface area contributed by atoms with Crippen molar-refractivity contribution < 1.29 is 24.2 Å². The number of methoxy groups -OCH3 is 1. The van der Waals surface area contributed by atoms with E-state index in [9.17, 15) is 14.7 Å². The van der Waals surface area contributed by atoms with Crippen LogP contribution in [0.2, 0.25) is 0 Å². The molecule has 98 valence electrons. The topological polar surface area (TPSA) is 72.8 Å². The lowest BCUT2D eigenvalue weighted by Crippen LogP contribution is -2.06. The monoisotopic (exact) mass is 260 g/mol. The van der Waals surface area contributed by atoms with Gasteiger partial charge in [-0.05, 0) is 12.5 Å². The van der Waals surface area contributed by atoms with E-state index in [1.807, 2.05) is 0 Å². The molecule has 19 heavy (non-hydrogen) atoms. The molecule has 0 bridgehead atoms. The molecule has 0 saturated heterocycles. The van der Waals surface area contributed by atoms with E-state index in [-0.39, 0.29) is 22.7 Å². The van der Waals surface area contributed by atoms with Gasteiger partial charge in [0.15, 0.2) is 11.5 Å². The van der Waals surface area contributed by atoms with Crippen LogP contribution in [0.5, 0.6) is 0 Å². The number of rotatable bonds is 2. The smallest absolute Gasteiger partial charge is 0.348 e. The molecule has 5 nitrogen and oxygen atoms in total. The van der Waals surface area contributed by atoms with Crippen LogP contribution in [-0.2, 0) is 19.1 Å². The molecule has 0 amide bonds. The van der Waals surface area contributed by atoms with Gasteiger partial charge in [0.05, 0.1) is 12.7 Å². The summed E-state index contributed by atoms with van der Waals surface area (Å²) >= 11 is 0. The summed E-state index contributed by atoms with van der Waals surface area (Å²) in [6.45, 7) is 1.42. The molecule has 1 heterocycles. The Morgan fingerprint density at radius 1 is 1.26 bits per heavy atom. The Hall–Kier alpha value is -2.56. The third kappa shape index (κ3) is 2.22. The summed E-state index contributed by atoms with van der Waals surface area (Å²) in [6.07, 6.45) is 0. The lowest BCUT2D eigenvalue weighted by atomic mass is 10.0. The van der Waals surface area contributed by atoms with Crippen LogP contribution in [0.25, 0.3) is 5.57 Å². The fraction of sp³-hybridized carbons (Fsp3) is 0.143. The minimum absolute atomic E-state index is 0.0406. The fourth-order valence-electron chi connectivity index (χ4n) is 1.76. The molecule has 0 atom stereocenters. The highest BCUT2D eigenvalue weighted by atomic mass is 16.6. The molecule has 0 aliphatic carbocycles. The minimum atomic E-state index is -0.693. The summed E-state index contributed by atoms with van der Waals surface area (Å²) in [5.41, 5.74) is 0.607. The van der Waals surface area contributed by atoms with Gasteiger partial charge in [0, 0.05) is 0 Å². The van der Waals surface area contributed by atoms with Crippen LogP contribution in [0, 0.1) is 0 Å². The van der Waals surface area contributed by atoms with E-state index in [1.54, 1.807) is 30.3 Å². The number of aliphatic hydroxyl groups excluding tert-OH is 1. The van der Waals surface area contributed by atoms with Crippen LogP contribution < -0.4 is 0 Å². The van der Waals surface area contributed by atoms with Crippen LogP contribution in [-0.4, -0.2) is 24.2 Å². The Morgan fingerprint density at radius 3 is 2.47 bits per heavy atom. The molecule has 5 heteroatoms. The predicted octanol–water partition coefficient (Wildman–Crippen LogP) is 1.96. The van der Waals surface area contributed by atoms with Gasteiger partial charge in [-0.25, -0.2) is 9.59 Å². The molecule has 0 spiro atoms. The second-order valence-electron chi connectivity index (χ2n) is 3.92. The van der Waals surface area contributed by atoms with E-state index in [1.165, 1.54) is 14.0 Å². The maximum Gasteiger partial charge on any atom is 0.348 e. The summed E-state index contributed by atoms with van der Waals surface area (Å²) in [5, 5.41) is 10.1. The third-order valence-electron chi connectivity index (χ3n) is 2.75. The van der Waals surface area contributed by atoms with E-state index >= 15 is 0 Å². The number of carbonyl (C=O) groups is 2. The average Bonchev–Trinajstić information content (AvgIpc) is 2.73. The van der Waals surface area contributed by atoms with Gasteiger partial charge in [0.2, 0.25) is 0 Å². The van der Waals surface area contributed by atoms with Gasteiger partial charge >= 0.3 is 11.9 Å². The zero-order chi connectivity index (χ0) is 14.0. The normalized spacial score (nSPS) is 17.3. The molecule has 1 aromatic rings. The van der Waals surface area contributed by atoms with Gasteiger partial charge in [0.25, 0.3) is 0 Å². The van der Waals surface area contributed by atoms with Crippen molar-refractivity contribution in [3.05, 3.63) is 53.0 Å². The van der Waals surface area contributed by atoms with E-state index in [2.05, 4.69) is 4.74 Å². The maximum atomic E-state index is 11.8. The van der Waals surface area contributed by atoms with Crippen molar-refractivity contribution in [3.8, 4) is 0 Å². The first kappa shape index (κ1) is 12.9. The molecular formula is C14H12O5. The van der Waals surface area contributed by atoms with E-state index < -0.39 is 11.9 Å². The number of benzene rings is 1. The first-order chi connectivity index (χ1) is 9.06. The number of aliphatic hydroxyl groups is 1. The minimum Gasteiger partial charge on any atom is -0.504 e. The fourth-order valence-corrected chi connectivity index (χ4v) is 1.76. The van der Waals surface area contributed by atoms with Crippen molar-refractivity contribution in [1.82, 2.24) is 0 Å². The quantitative estimate of drug-likeness (QED) is 0.650. The number of cyclic esters (lactones) is 1. The van der Waals surface area contributed by atoms with Crippen molar-refractivity contribution in [1.29, 1.82) is 0 Å². The summed E-state index contributed by atoms with van der Waals surface area (Å²) in [4.78, 5) is 23.2. The Labute approximate surface area is 109 Å². The zero-order valence-electron chi connectivity index (χ0n) is 10.5. The Morgan fingerprint density at radius 2 is 1.89 bits per heavy atom. The van der Waals surface area contributed by atoms with Crippen molar-refractivity contribution in [2.24, 2.45) is 0 Å². The van der Waals surface area contributed by atoms with E-state index in [0.29, 0.717) is 5.56 Å². The Balaban J connectivity index is 2.53. The van der Waals surface area contributed by atoms with Crippen molar-refractivity contribution in [2.75, 3.05) is 7.11 Å². The first-order valence-electron chi connectivity index (χ1n) is 5.56. The van der Waals surface area contributed by atoms with Crippen LogP contribution in [0.1, 0.15) is 12.5 Å². The summed E-state index contributed by atoms with van der Waals surface area (Å²) in [6, 6.07) is 8.60.